The summed E-state index contributed by atoms with van der Waals surface area (Å²) in [6, 6.07) is 8.97. The lowest BCUT2D eigenvalue weighted by Crippen LogP contribution is -2.03. The molecule has 0 saturated heterocycles. The maximum Gasteiger partial charge on any atom is 0.259 e. The molecule has 1 aromatic carbocycles. The number of aryl methyl sites for hydroxylation is 1. The van der Waals surface area contributed by atoms with E-state index in [0.717, 1.165) is 16.5 Å². The van der Waals surface area contributed by atoms with Crippen LogP contribution in [0.15, 0.2) is 42.7 Å². The third-order valence-electron chi connectivity index (χ3n) is 3.35. The van der Waals surface area contributed by atoms with Gasteiger partial charge < -0.3 is 9.47 Å². The highest BCUT2D eigenvalue weighted by Crippen LogP contribution is 2.31. The standard InChI is InChI=1S/C16H15N3O4S/c1-10-7-11(19-24(20)21)9-18-16(10)23-15-5-6-17-14-8-12(22-2)3-4-13(14)15/h3-9,19H,1-2H3,(H,20,21). The molecule has 3 aromatic rings. The second-order valence-corrected chi connectivity index (χ2v) is 5.69. The molecule has 24 heavy (non-hydrogen) atoms. The van der Waals surface area contributed by atoms with Crippen molar-refractivity contribution in [2.75, 3.05) is 11.8 Å². The number of hydrogen-bond donors (Lipinski definition) is 2. The minimum atomic E-state index is -2.14. The number of hydrogen-bond acceptors (Lipinski definition) is 5. The Balaban J connectivity index is 1.93. The molecule has 7 nitrogen and oxygen atoms in total. The molecule has 8 heteroatoms. The summed E-state index contributed by atoms with van der Waals surface area (Å²) in [4.78, 5) is 8.50. The van der Waals surface area contributed by atoms with Crippen molar-refractivity contribution >= 4 is 27.9 Å². The first kappa shape index (κ1) is 16.2. The van der Waals surface area contributed by atoms with Crippen LogP contribution in [-0.2, 0) is 11.3 Å². The van der Waals surface area contributed by atoms with Gasteiger partial charge in [-0.3, -0.25) is 14.3 Å². The van der Waals surface area contributed by atoms with Crippen molar-refractivity contribution in [3.8, 4) is 17.4 Å². The Labute approximate surface area is 141 Å². The Hall–Kier alpha value is -2.71. The predicted octanol–water partition coefficient (Wildman–Crippen LogP) is 3.29. The van der Waals surface area contributed by atoms with Crippen LogP contribution in [-0.4, -0.2) is 25.8 Å². The van der Waals surface area contributed by atoms with Crippen molar-refractivity contribution in [2.24, 2.45) is 0 Å². The Kier molecular flexibility index (Phi) is 4.59. The zero-order chi connectivity index (χ0) is 17.1. The van der Waals surface area contributed by atoms with Crippen LogP contribution in [0.3, 0.4) is 0 Å². The van der Waals surface area contributed by atoms with Gasteiger partial charge in [0, 0.05) is 23.2 Å². The largest absolute Gasteiger partial charge is 0.497 e. The second-order valence-electron chi connectivity index (χ2n) is 4.99. The van der Waals surface area contributed by atoms with Gasteiger partial charge in [-0.15, -0.1) is 0 Å². The van der Waals surface area contributed by atoms with Gasteiger partial charge in [0.05, 0.1) is 24.5 Å². The van der Waals surface area contributed by atoms with Crippen LogP contribution in [0.2, 0.25) is 0 Å². The number of rotatable bonds is 5. The second kappa shape index (κ2) is 6.81. The molecule has 0 fully saturated rings. The summed E-state index contributed by atoms with van der Waals surface area (Å²) < 4.78 is 33.1. The normalized spacial score (nSPS) is 12.0. The van der Waals surface area contributed by atoms with Gasteiger partial charge in [0.15, 0.2) is 0 Å². The fraction of sp³-hybridized carbons (Fsp3) is 0.125. The highest BCUT2D eigenvalue weighted by atomic mass is 32.2. The minimum Gasteiger partial charge on any atom is -0.497 e. The van der Waals surface area contributed by atoms with Gasteiger partial charge in [-0.05, 0) is 31.2 Å². The molecule has 0 aliphatic carbocycles. The molecule has 1 atom stereocenters. The number of benzene rings is 1. The maximum atomic E-state index is 10.8. The van der Waals surface area contributed by atoms with E-state index >= 15 is 0 Å². The Morgan fingerprint density at radius 2 is 2.04 bits per heavy atom. The average Bonchev–Trinajstić information content (AvgIpc) is 2.56. The van der Waals surface area contributed by atoms with Crippen LogP contribution in [0.4, 0.5) is 5.69 Å². The summed E-state index contributed by atoms with van der Waals surface area (Å²) in [7, 11) is 1.60. The summed E-state index contributed by atoms with van der Waals surface area (Å²) >= 11 is -2.14. The Morgan fingerprint density at radius 1 is 1.21 bits per heavy atom. The number of methoxy groups -OCH3 is 1. The molecule has 0 aliphatic heterocycles. The van der Waals surface area contributed by atoms with E-state index < -0.39 is 11.3 Å². The van der Waals surface area contributed by atoms with E-state index in [-0.39, 0.29) is 0 Å². The molecule has 2 heterocycles. The molecule has 2 aromatic heterocycles. The number of aromatic nitrogens is 2. The van der Waals surface area contributed by atoms with E-state index in [0.29, 0.717) is 23.1 Å². The fourth-order valence-electron chi connectivity index (χ4n) is 2.25. The molecule has 2 N–H and O–H groups in total. The Bertz CT molecular complexity index is 917. The molecule has 0 aliphatic rings. The average molecular weight is 345 g/mol. The van der Waals surface area contributed by atoms with E-state index in [1.165, 1.54) is 6.20 Å². The molecule has 0 amide bonds. The van der Waals surface area contributed by atoms with Gasteiger partial charge in [-0.1, -0.05) is 0 Å². The summed E-state index contributed by atoms with van der Waals surface area (Å²) in [5.74, 6) is 1.74. The van der Waals surface area contributed by atoms with Crippen molar-refractivity contribution < 1.29 is 18.2 Å². The molecule has 0 saturated carbocycles. The van der Waals surface area contributed by atoms with Crippen LogP contribution in [0.5, 0.6) is 17.4 Å². The highest BCUT2D eigenvalue weighted by molar-refractivity contribution is 7.80. The Morgan fingerprint density at radius 3 is 2.75 bits per heavy atom. The van der Waals surface area contributed by atoms with Crippen LogP contribution < -0.4 is 14.2 Å². The lowest BCUT2D eigenvalue weighted by atomic mass is 10.2. The first-order valence-electron chi connectivity index (χ1n) is 7.01. The summed E-state index contributed by atoms with van der Waals surface area (Å²) in [6.45, 7) is 1.81. The topological polar surface area (TPSA) is 93.6 Å². The van der Waals surface area contributed by atoms with Crippen molar-refractivity contribution in [3.63, 3.8) is 0 Å². The van der Waals surface area contributed by atoms with Gasteiger partial charge in [-0.25, -0.2) is 9.19 Å². The lowest BCUT2D eigenvalue weighted by molar-refractivity contribution is 0.415. The van der Waals surface area contributed by atoms with Crippen LogP contribution in [0.1, 0.15) is 5.56 Å². The van der Waals surface area contributed by atoms with Gasteiger partial charge in [0.25, 0.3) is 11.3 Å². The summed E-state index contributed by atoms with van der Waals surface area (Å²) in [5.41, 5.74) is 1.91. The zero-order valence-corrected chi connectivity index (χ0v) is 13.8. The summed E-state index contributed by atoms with van der Waals surface area (Å²) in [6.07, 6.45) is 3.08. The van der Waals surface area contributed by atoms with Crippen molar-refractivity contribution in [2.45, 2.75) is 6.92 Å². The van der Waals surface area contributed by atoms with E-state index in [2.05, 4.69) is 14.7 Å². The lowest BCUT2D eigenvalue weighted by Gasteiger charge is -2.11. The smallest absolute Gasteiger partial charge is 0.259 e. The number of nitrogens with zero attached hydrogens (tertiary/aromatic N) is 2. The van der Waals surface area contributed by atoms with Gasteiger partial charge >= 0.3 is 0 Å². The van der Waals surface area contributed by atoms with E-state index in [1.54, 1.807) is 32.4 Å². The highest BCUT2D eigenvalue weighted by Gasteiger charge is 2.09. The first-order chi connectivity index (χ1) is 11.6. The molecule has 0 radical (unpaired) electrons. The summed E-state index contributed by atoms with van der Waals surface area (Å²) in [5, 5.41) is 0.832. The molecule has 124 valence electrons. The molecule has 0 spiro atoms. The molecule has 1 unspecified atom stereocenters. The molecular weight excluding hydrogens is 330 g/mol. The third-order valence-corrected chi connectivity index (χ3v) is 3.76. The first-order valence-corrected chi connectivity index (χ1v) is 8.12. The van der Waals surface area contributed by atoms with Crippen molar-refractivity contribution in [1.82, 2.24) is 9.97 Å². The van der Waals surface area contributed by atoms with E-state index in [9.17, 15) is 4.21 Å². The van der Waals surface area contributed by atoms with Crippen molar-refractivity contribution in [1.29, 1.82) is 0 Å². The van der Waals surface area contributed by atoms with E-state index in [1.807, 2.05) is 18.2 Å². The zero-order valence-electron chi connectivity index (χ0n) is 13.0. The SMILES string of the molecule is COc1ccc2c(Oc3ncc(NS(=O)O)cc3C)ccnc2c1. The molecule has 0 bridgehead atoms. The maximum absolute atomic E-state index is 10.8. The quantitative estimate of drug-likeness (QED) is 0.689. The number of anilines is 1. The number of fused-ring (bicyclic) bond motifs is 1. The van der Waals surface area contributed by atoms with Crippen LogP contribution in [0, 0.1) is 6.92 Å². The number of pyridine rings is 2. The van der Waals surface area contributed by atoms with Crippen LogP contribution in [0.25, 0.3) is 10.9 Å². The van der Waals surface area contributed by atoms with Gasteiger partial charge in [-0.2, -0.15) is 0 Å². The van der Waals surface area contributed by atoms with E-state index in [4.69, 9.17) is 14.0 Å². The predicted molar refractivity (Wildman–Crippen MR) is 91.7 cm³/mol. The van der Waals surface area contributed by atoms with Gasteiger partial charge in [0.2, 0.25) is 5.88 Å². The van der Waals surface area contributed by atoms with Gasteiger partial charge in [0.1, 0.15) is 11.5 Å². The van der Waals surface area contributed by atoms with Crippen molar-refractivity contribution in [3.05, 3.63) is 48.3 Å². The monoisotopic (exact) mass is 345 g/mol. The molecular formula is C16H15N3O4S. The molecule has 3 rings (SSSR count). The van der Waals surface area contributed by atoms with Crippen LogP contribution >= 0.6 is 0 Å². The third kappa shape index (κ3) is 3.44. The minimum absolute atomic E-state index is 0.410. The fourth-order valence-corrected chi connectivity index (χ4v) is 2.56. The number of ether oxygens (including phenoxy) is 2. The number of nitrogens with one attached hydrogen (secondary N) is 1.